The van der Waals surface area contributed by atoms with Gasteiger partial charge in [0.05, 0.1) is 19.3 Å². The van der Waals surface area contributed by atoms with Crippen LogP contribution in [-0.4, -0.2) is 19.3 Å². The summed E-state index contributed by atoms with van der Waals surface area (Å²) in [6, 6.07) is 16.2. The van der Waals surface area contributed by atoms with Crippen LogP contribution in [0.5, 0.6) is 0 Å². The Bertz CT molecular complexity index is 614. The molecule has 0 bridgehead atoms. The summed E-state index contributed by atoms with van der Waals surface area (Å²) in [6.07, 6.45) is 2.67. The van der Waals surface area contributed by atoms with Crippen molar-refractivity contribution >= 4 is 34.2 Å². The van der Waals surface area contributed by atoms with E-state index in [1.165, 1.54) is 12.8 Å². The molecule has 2 aromatic rings. The molecule has 0 radical (unpaired) electrons. The van der Waals surface area contributed by atoms with Crippen molar-refractivity contribution in [2.75, 3.05) is 13.2 Å². The van der Waals surface area contributed by atoms with E-state index in [4.69, 9.17) is 21.1 Å². The van der Waals surface area contributed by atoms with Gasteiger partial charge in [-0.05, 0) is 59.2 Å². The van der Waals surface area contributed by atoms with E-state index in [1.807, 2.05) is 30.3 Å². The average molecular weight is 429 g/mol. The zero-order valence-electron chi connectivity index (χ0n) is 12.2. The van der Waals surface area contributed by atoms with Crippen molar-refractivity contribution < 1.29 is 9.47 Å². The van der Waals surface area contributed by atoms with E-state index < -0.39 is 0 Å². The van der Waals surface area contributed by atoms with Gasteiger partial charge in [0.25, 0.3) is 0 Å². The van der Waals surface area contributed by atoms with Crippen molar-refractivity contribution in [2.45, 2.75) is 25.0 Å². The Morgan fingerprint density at radius 3 is 2.59 bits per heavy atom. The van der Waals surface area contributed by atoms with E-state index in [-0.39, 0.29) is 6.10 Å². The molecule has 1 fully saturated rings. The third-order valence-corrected chi connectivity index (χ3v) is 4.60. The van der Waals surface area contributed by atoms with Crippen LogP contribution in [0.4, 0.5) is 0 Å². The molecule has 2 aromatic carbocycles. The molecule has 4 heteroatoms. The predicted molar refractivity (Wildman–Crippen MR) is 97.4 cm³/mol. The van der Waals surface area contributed by atoms with Gasteiger partial charge in [-0.15, -0.1) is 0 Å². The highest BCUT2D eigenvalue weighted by atomic mass is 127. The van der Waals surface area contributed by atoms with Crippen molar-refractivity contribution in [3.63, 3.8) is 0 Å². The van der Waals surface area contributed by atoms with Gasteiger partial charge in [-0.2, -0.15) is 0 Å². The van der Waals surface area contributed by atoms with Gasteiger partial charge in [0.1, 0.15) is 6.10 Å². The largest absolute Gasteiger partial charge is 0.376 e. The normalized spacial score (nSPS) is 15.7. The summed E-state index contributed by atoms with van der Waals surface area (Å²) in [4.78, 5) is 0. The Labute approximate surface area is 149 Å². The molecule has 22 heavy (non-hydrogen) atoms. The van der Waals surface area contributed by atoms with Gasteiger partial charge in [-0.25, -0.2) is 0 Å². The minimum Gasteiger partial charge on any atom is -0.376 e. The lowest BCUT2D eigenvalue weighted by molar-refractivity contribution is 0.0143. The van der Waals surface area contributed by atoms with Gasteiger partial charge >= 0.3 is 0 Å². The van der Waals surface area contributed by atoms with E-state index >= 15 is 0 Å². The maximum atomic E-state index is 6.40. The lowest BCUT2D eigenvalue weighted by atomic mass is 10.0. The van der Waals surface area contributed by atoms with E-state index in [0.717, 1.165) is 19.7 Å². The second kappa shape index (κ2) is 7.77. The molecule has 1 unspecified atom stereocenters. The van der Waals surface area contributed by atoms with Crippen molar-refractivity contribution in [1.82, 2.24) is 0 Å². The Morgan fingerprint density at radius 1 is 1.09 bits per heavy atom. The Morgan fingerprint density at radius 2 is 1.86 bits per heavy atom. The molecule has 1 atom stereocenters. The van der Waals surface area contributed by atoms with Crippen LogP contribution in [0.1, 0.15) is 30.1 Å². The highest BCUT2D eigenvalue weighted by molar-refractivity contribution is 14.1. The first-order valence-electron chi connectivity index (χ1n) is 7.47. The van der Waals surface area contributed by atoms with Crippen LogP contribution < -0.4 is 0 Å². The molecule has 1 aliphatic carbocycles. The van der Waals surface area contributed by atoms with Gasteiger partial charge in [-0.3, -0.25) is 0 Å². The summed E-state index contributed by atoms with van der Waals surface area (Å²) in [5, 5.41) is 0.734. The zero-order valence-corrected chi connectivity index (χ0v) is 15.1. The smallest absolute Gasteiger partial charge is 0.109 e. The van der Waals surface area contributed by atoms with Gasteiger partial charge in [0.2, 0.25) is 0 Å². The maximum absolute atomic E-state index is 6.40. The zero-order chi connectivity index (χ0) is 15.4. The van der Waals surface area contributed by atoms with E-state index in [2.05, 4.69) is 40.8 Å². The summed E-state index contributed by atoms with van der Waals surface area (Å²) in [6.45, 7) is 1.20. The quantitative estimate of drug-likeness (QED) is 0.444. The highest BCUT2D eigenvalue weighted by Crippen LogP contribution is 2.32. The molecule has 116 valence electrons. The molecule has 0 N–H and O–H groups in total. The molecule has 1 saturated carbocycles. The monoisotopic (exact) mass is 428 g/mol. The lowest BCUT2D eigenvalue weighted by Crippen LogP contribution is -2.12. The van der Waals surface area contributed by atoms with Crippen LogP contribution in [0.2, 0.25) is 5.02 Å². The number of hydrogen-bond donors (Lipinski definition) is 0. The fourth-order valence-electron chi connectivity index (χ4n) is 2.32. The first kappa shape index (κ1) is 16.2. The van der Waals surface area contributed by atoms with Crippen molar-refractivity contribution in [2.24, 2.45) is 0 Å². The summed E-state index contributed by atoms with van der Waals surface area (Å²) >= 11 is 8.70. The van der Waals surface area contributed by atoms with Gasteiger partial charge in [-0.1, -0.05) is 41.9 Å². The molecule has 2 nitrogen and oxygen atoms in total. The minimum atomic E-state index is -0.161. The minimum absolute atomic E-state index is 0.161. The Hall–Kier alpha value is -0.620. The second-order valence-electron chi connectivity index (χ2n) is 5.40. The average Bonchev–Trinajstić information content (AvgIpc) is 3.35. The third kappa shape index (κ3) is 4.44. The van der Waals surface area contributed by atoms with Crippen LogP contribution in [-0.2, 0) is 9.47 Å². The summed E-state index contributed by atoms with van der Waals surface area (Å²) in [7, 11) is 0. The van der Waals surface area contributed by atoms with Gasteiger partial charge < -0.3 is 9.47 Å². The van der Waals surface area contributed by atoms with Crippen molar-refractivity contribution in [3.8, 4) is 0 Å². The van der Waals surface area contributed by atoms with Crippen molar-refractivity contribution in [3.05, 3.63) is 68.3 Å². The molecule has 0 amide bonds. The first-order chi connectivity index (χ1) is 10.7. The van der Waals surface area contributed by atoms with Gasteiger partial charge in [0.15, 0.2) is 0 Å². The number of hydrogen-bond acceptors (Lipinski definition) is 2. The van der Waals surface area contributed by atoms with Gasteiger partial charge in [0, 0.05) is 14.2 Å². The SMILES string of the molecule is Clc1ccc(I)cc1C(OCCOC1CC1)c1ccccc1. The molecule has 0 saturated heterocycles. The predicted octanol–water partition coefficient (Wildman–Crippen LogP) is 5.23. The third-order valence-electron chi connectivity index (χ3n) is 3.59. The summed E-state index contributed by atoms with van der Waals surface area (Å²) in [5.41, 5.74) is 2.11. The summed E-state index contributed by atoms with van der Waals surface area (Å²) < 4.78 is 12.9. The van der Waals surface area contributed by atoms with Crippen LogP contribution in [0, 0.1) is 3.57 Å². The molecule has 0 heterocycles. The molecular weight excluding hydrogens is 411 g/mol. The van der Waals surface area contributed by atoms with E-state index in [9.17, 15) is 0 Å². The van der Waals surface area contributed by atoms with Crippen LogP contribution >= 0.6 is 34.2 Å². The standard InChI is InChI=1S/C18H18ClIO2/c19-17-9-6-14(20)12-16(17)18(13-4-2-1-3-5-13)22-11-10-21-15-7-8-15/h1-6,9,12,15,18H,7-8,10-11H2. The maximum Gasteiger partial charge on any atom is 0.109 e. The molecule has 0 spiro atoms. The molecule has 3 rings (SSSR count). The fourth-order valence-corrected chi connectivity index (χ4v) is 3.06. The topological polar surface area (TPSA) is 18.5 Å². The van der Waals surface area contributed by atoms with Crippen LogP contribution in [0.25, 0.3) is 0 Å². The Balaban J connectivity index is 1.77. The molecule has 1 aliphatic rings. The Kier molecular flexibility index (Phi) is 5.74. The fraction of sp³-hybridized carbons (Fsp3) is 0.333. The molecule has 0 aliphatic heterocycles. The highest BCUT2D eigenvalue weighted by Gasteiger charge is 2.22. The number of benzene rings is 2. The number of halogens is 2. The van der Waals surface area contributed by atoms with Crippen LogP contribution in [0.3, 0.4) is 0 Å². The lowest BCUT2D eigenvalue weighted by Gasteiger charge is -2.20. The van der Waals surface area contributed by atoms with Crippen LogP contribution in [0.15, 0.2) is 48.5 Å². The number of ether oxygens (including phenoxy) is 2. The second-order valence-corrected chi connectivity index (χ2v) is 7.05. The van der Waals surface area contributed by atoms with Crippen molar-refractivity contribution in [1.29, 1.82) is 0 Å². The first-order valence-corrected chi connectivity index (χ1v) is 8.93. The van der Waals surface area contributed by atoms with E-state index in [1.54, 1.807) is 0 Å². The van der Waals surface area contributed by atoms with E-state index in [0.29, 0.717) is 19.3 Å². The number of rotatable bonds is 7. The summed E-state index contributed by atoms with van der Waals surface area (Å²) in [5.74, 6) is 0. The molecular formula is C18H18ClIO2. The molecule has 0 aromatic heterocycles.